The highest BCUT2D eigenvalue weighted by molar-refractivity contribution is 6.31. The molecule has 2 unspecified atom stereocenters. The summed E-state index contributed by atoms with van der Waals surface area (Å²) < 4.78 is 0. The van der Waals surface area contributed by atoms with Crippen molar-refractivity contribution < 1.29 is 0 Å². The van der Waals surface area contributed by atoms with E-state index >= 15 is 0 Å². The van der Waals surface area contributed by atoms with Gasteiger partial charge >= 0.3 is 0 Å². The third-order valence-electron chi connectivity index (χ3n) is 3.28. The van der Waals surface area contributed by atoms with Crippen molar-refractivity contribution in [2.45, 2.75) is 32.9 Å². The van der Waals surface area contributed by atoms with E-state index < -0.39 is 0 Å². The van der Waals surface area contributed by atoms with E-state index in [1.54, 1.807) is 0 Å². The third kappa shape index (κ3) is 2.18. The summed E-state index contributed by atoms with van der Waals surface area (Å²) in [5, 5.41) is 4.29. The van der Waals surface area contributed by atoms with Crippen LogP contribution in [0.1, 0.15) is 19.4 Å². The number of aryl methyl sites for hydroxylation is 1. The number of piperazine rings is 1. The molecule has 16 heavy (non-hydrogen) atoms. The van der Waals surface area contributed by atoms with Crippen LogP contribution < -0.4 is 10.2 Å². The largest absolute Gasteiger partial charge is 0.364 e. The lowest BCUT2D eigenvalue weighted by atomic mass is 10.1. The van der Waals surface area contributed by atoms with Crippen LogP contribution in [0.5, 0.6) is 0 Å². The number of anilines is 1. The molecule has 1 aromatic carbocycles. The molecule has 1 fully saturated rings. The molecule has 2 rings (SSSR count). The number of hydrogen-bond acceptors (Lipinski definition) is 2. The number of hydrogen-bond donors (Lipinski definition) is 1. The summed E-state index contributed by atoms with van der Waals surface area (Å²) in [7, 11) is 0. The lowest BCUT2D eigenvalue weighted by molar-refractivity contribution is 0.432. The minimum atomic E-state index is 0.516. The van der Waals surface area contributed by atoms with Crippen molar-refractivity contribution in [3.63, 3.8) is 0 Å². The maximum Gasteiger partial charge on any atom is 0.0455 e. The van der Waals surface area contributed by atoms with E-state index in [1.807, 2.05) is 6.92 Å². The molecule has 0 radical (unpaired) electrons. The Morgan fingerprint density at radius 1 is 1.25 bits per heavy atom. The lowest BCUT2D eigenvalue weighted by Gasteiger charge is -2.41. The first-order valence-corrected chi connectivity index (χ1v) is 6.22. The summed E-state index contributed by atoms with van der Waals surface area (Å²) in [6.45, 7) is 8.61. The zero-order valence-electron chi connectivity index (χ0n) is 10.1. The molecule has 0 aliphatic carbocycles. The van der Waals surface area contributed by atoms with Gasteiger partial charge in [-0.25, -0.2) is 0 Å². The van der Waals surface area contributed by atoms with Crippen LogP contribution in [0.15, 0.2) is 18.2 Å². The monoisotopic (exact) mass is 238 g/mol. The predicted octanol–water partition coefficient (Wildman–Crippen LogP) is 2.84. The number of rotatable bonds is 1. The SMILES string of the molecule is Cc1ccc(N2C(C)CNCC2C)cc1Cl. The lowest BCUT2D eigenvalue weighted by Crippen LogP contribution is -2.55. The fourth-order valence-corrected chi connectivity index (χ4v) is 2.56. The van der Waals surface area contributed by atoms with Crippen molar-refractivity contribution in [2.24, 2.45) is 0 Å². The Bertz CT molecular complexity index is 368. The minimum Gasteiger partial charge on any atom is -0.364 e. The first-order valence-electron chi connectivity index (χ1n) is 5.85. The van der Waals surface area contributed by atoms with Gasteiger partial charge in [0.2, 0.25) is 0 Å². The maximum atomic E-state index is 6.19. The normalized spacial score (nSPS) is 25.9. The summed E-state index contributed by atoms with van der Waals surface area (Å²) in [4.78, 5) is 2.45. The van der Waals surface area contributed by atoms with Crippen LogP contribution in [0.4, 0.5) is 5.69 Å². The Kier molecular flexibility index (Phi) is 3.41. The van der Waals surface area contributed by atoms with Crippen LogP contribution in [0, 0.1) is 6.92 Å². The van der Waals surface area contributed by atoms with Gasteiger partial charge in [0.15, 0.2) is 0 Å². The van der Waals surface area contributed by atoms with Crippen LogP contribution in [-0.4, -0.2) is 25.2 Å². The van der Waals surface area contributed by atoms with Crippen molar-refractivity contribution in [3.8, 4) is 0 Å². The van der Waals surface area contributed by atoms with Crippen molar-refractivity contribution in [1.29, 1.82) is 0 Å². The predicted molar refractivity (Wildman–Crippen MR) is 70.5 cm³/mol. The second-order valence-electron chi connectivity index (χ2n) is 4.70. The summed E-state index contributed by atoms with van der Waals surface area (Å²) in [6.07, 6.45) is 0. The molecule has 0 amide bonds. The second kappa shape index (κ2) is 4.64. The first-order chi connectivity index (χ1) is 7.59. The minimum absolute atomic E-state index is 0.516. The van der Waals surface area contributed by atoms with Crippen LogP contribution in [0.3, 0.4) is 0 Å². The highest BCUT2D eigenvalue weighted by Gasteiger charge is 2.24. The molecule has 2 atom stereocenters. The van der Waals surface area contributed by atoms with E-state index in [-0.39, 0.29) is 0 Å². The molecule has 0 saturated carbocycles. The van der Waals surface area contributed by atoms with E-state index in [2.05, 4.69) is 42.3 Å². The molecule has 0 bridgehead atoms. The van der Waals surface area contributed by atoms with Gasteiger partial charge in [0.05, 0.1) is 0 Å². The molecule has 1 heterocycles. The van der Waals surface area contributed by atoms with E-state index in [0.29, 0.717) is 12.1 Å². The molecule has 1 aliphatic rings. The van der Waals surface area contributed by atoms with Gasteiger partial charge in [0, 0.05) is 35.9 Å². The Labute approximate surface area is 103 Å². The number of nitrogens with one attached hydrogen (secondary N) is 1. The van der Waals surface area contributed by atoms with Crippen LogP contribution in [0.2, 0.25) is 5.02 Å². The van der Waals surface area contributed by atoms with E-state index in [0.717, 1.165) is 23.7 Å². The van der Waals surface area contributed by atoms with Crippen LogP contribution >= 0.6 is 11.6 Å². The van der Waals surface area contributed by atoms with Gasteiger partial charge in [-0.1, -0.05) is 17.7 Å². The van der Waals surface area contributed by atoms with Crippen LogP contribution in [0.25, 0.3) is 0 Å². The molecule has 0 aromatic heterocycles. The van der Waals surface area contributed by atoms with Gasteiger partial charge in [-0.3, -0.25) is 0 Å². The zero-order chi connectivity index (χ0) is 11.7. The highest BCUT2D eigenvalue weighted by Crippen LogP contribution is 2.27. The quantitative estimate of drug-likeness (QED) is 0.810. The van der Waals surface area contributed by atoms with E-state index in [4.69, 9.17) is 11.6 Å². The summed E-state index contributed by atoms with van der Waals surface area (Å²) >= 11 is 6.19. The van der Waals surface area contributed by atoms with Crippen molar-refractivity contribution in [2.75, 3.05) is 18.0 Å². The summed E-state index contributed by atoms with van der Waals surface area (Å²) in [6, 6.07) is 7.37. The number of benzene rings is 1. The van der Waals surface area contributed by atoms with Gasteiger partial charge in [0.1, 0.15) is 0 Å². The average molecular weight is 239 g/mol. The zero-order valence-corrected chi connectivity index (χ0v) is 10.9. The maximum absolute atomic E-state index is 6.19. The summed E-state index contributed by atoms with van der Waals surface area (Å²) in [5.74, 6) is 0. The molecule has 1 saturated heterocycles. The topological polar surface area (TPSA) is 15.3 Å². The van der Waals surface area contributed by atoms with Gasteiger partial charge in [0.25, 0.3) is 0 Å². The van der Waals surface area contributed by atoms with Gasteiger partial charge in [-0.2, -0.15) is 0 Å². The second-order valence-corrected chi connectivity index (χ2v) is 5.10. The highest BCUT2D eigenvalue weighted by atomic mass is 35.5. The number of halogens is 1. The van der Waals surface area contributed by atoms with Gasteiger partial charge in [-0.05, 0) is 38.5 Å². The van der Waals surface area contributed by atoms with Crippen LogP contribution in [-0.2, 0) is 0 Å². The molecule has 88 valence electrons. The molecular formula is C13H19ClN2. The standard InChI is InChI=1S/C13H19ClN2/c1-9-4-5-12(6-13(9)14)16-10(2)7-15-8-11(16)3/h4-6,10-11,15H,7-8H2,1-3H3. The Morgan fingerprint density at radius 2 is 1.88 bits per heavy atom. The fourth-order valence-electron chi connectivity index (χ4n) is 2.38. The molecule has 1 aliphatic heterocycles. The number of nitrogens with zero attached hydrogens (tertiary/aromatic N) is 1. The van der Waals surface area contributed by atoms with Crippen molar-refractivity contribution in [1.82, 2.24) is 5.32 Å². The van der Waals surface area contributed by atoms with Gasteiger partial charge in [-0.15, -0.1) is 0 Å². The van der Waals surface area contributed by atoms with Gasteiger partial charge < -0.3 is 10.2 Å². The first kappa shape index (κ1) is 11.7. The molecule has 3 heteroatoms. The average Bonchev–Trinajstić information content (AvgIpc) is 2.23. The molecular weight excluding hydrogens is 220 g/mol. The third-order valence-corrected chi connectivity index (χ3v) is 3.69. The van der Waals surface area contributed by atoms with E-state index in [1.165, 1.54) is 5.69 Å². The Balaban J connectivity index is 2.30. The summed E-state index contributed by atoms with van der Waals surface area (Å²) in [5.41, 5.74) is 2.37. The van der Waals surface area contributed by atoms with Crippen molar-refractivity contribution in [3.05, 3.63) is 28.8 Å². The molecule has 0 spiro atoms. The Morgan fingerprint density at radius 3 is 2.44 bits per heavy atom. The smallest absolute Gasteiger partial charge is 0.0455 e. The van der Waals surface area contributed by atoms with E-state index in [9.17, 15) is 0 Å². The molecule has 1 N–H and O–H groups in total. The molecule has 1 aromatic rings. The van der Waals surface area contributed by atoms with Crippen molar-refractivity contribution >= 4 is 17.3 Å². The Hall–Kier alpha value is -0.730. The molecule has 2 nitrogen and oxygen atoms in total. The fraction of sp³-hybridized carbons (Fsp3) is 0.538.